The molecule has 11 nitrogen and oxygen atoms in total. The third kappa shape index (κ3) is 5.80. The molecule has 0 saturated heterocycles. The van der Waals surface area contributed by atoms with Crippen molar-refractivity contribution in [3.05, 3.63) is 34.2 Å². The second-order valence-corrected chi connectivity index (χ2v) is 6.03. The molecule has 2 aromatic rings. The Morgan fingerprint density at radius 3 is 2.82 bits per heavy atom. The summed E-state index contributed by atoms with van der Waals surface area (Å²) in [6.07, 6.45) is 0. The lowest BCUT2D eigenvalue weighted by Gasteiger charge is -2.07. The first-order valence-electron chi connectivity index (χ1n) is 7.77. The van der Waals surface area contributed by atoms with Gasteiger partial charge in [-0.05, 0) is 44.4 Å². The van der Waals surface area contributed by atoms with Crippen LogP contribution in [0.4, 0.5) is 15.9 Å². The van der Waals surface area contributed by atoms with Crippen LogP contribution in [0.25, 0.3) is 0 Å². The van der Waals surface area contributed by atoms with E-state index in [0.29, 0.717) is 5.69 Å². The number of methoxy groups -OCH3 is 1. The second kappa shape index (κ2) is 10.4. The smallest absolute Gasteiger partial charge is 0.289 e. The molecule has 150 valence electrons. The number of ether oxygens (including phenoxy) is 1. The molecule has 0 radical (unpaired) electrons. The Morgan fingerprint density at radius 2 is 2.14 bits per heavy atom. The minimum atomic E-state index is -0.775. The molecule has 1 heterocycles. The highest BCUT2D eigenvalue weighted by molar-refractivity contribution is 9.10. The summed E-state index contributed by atoms with van der Waals surface area (Å²) in [7, 11) is 1.31. The SMILES string of the molecule is COCC(=O)C(=O)NCCNc1nonc1C(=Nc1ccc(F)c(Br)c1)NO. The highest BCUT2D eigenvalue weighted by Crippen LogP contribution is 2.23. The van der Waals surface area contributed by atoms with Crippen LogP contribution in [0.2, 0.25) is 0 Å². The van der Waals surface area contributed by atoms with Gasteiger partial charge in [-0.1, -0.05) is 0 Å². The predicted octanol–water partition coefficient (Wildman–Crippen LogP) is 0.772. The number of amidine groups is 1. The van der Waals surface area contributed by atoms with Crippen LogP contribution < -0.4 is 16.1 Å². The third-order valence-corrected chi connectivity index (χ3v) is 3.80. The Balaban J connectivity index is 2.01. The summed E-state index contributed by atoms with van der Waals surface area (Å²) in [6, 6.07) is 4.00. The van der Waals surface area contributed by atoms with Crippen molar-refractivity contribution >= 4 is 45.0 Å². The highest BCUT2D eigenvalue weighted by atomic mass is 79.9. The number of carbonyl (C=O) groups excluding carboxylic acids is 2. The molecule has 1 aromatic carbocycles. The lowest BCUT2D eigenvalue weighted by molar-refractivity contribution is -0.139. The molecule has 0 bridgehead atoms. The Labute approximate surface area is 166 Å². The van der Waals surface area contributed by atoms with Crippen LogP contribution in [-0.2, 0) is 14.3 Å². The van der Waals surface area contributed by atoms with Crippen LogP contribution in [0.1, 0.15) is 5.69 Å². The van der Waals surface area contributed by atoms with Crippen molar-refractivity contribution in [2.45, 2.75) is 0 Å². The van der Waals surface area contributed by atoms with Gasteiger partial charge in [0.2, 0.25) is 11.6 Å². The number of aromatic nitrogens is 2. The third-order valence-electron chi connectivity index (χ3n) is 3.19. The van der Waals surface area contributed by atoms with Crippen LogP contribution in [0.3, 0.4) is 0 Å². The molecule has 0 unspecified atom stereocenters. The minimum Gasteiger partial charge on any atom is -0.376 e. The molecule has 0 atom stereocenters. The number of hydrogen-bond donors (Lipinski definition) is 4. The number of hydrogen-bond acceptors (Lipinski definition) is 9. The van der Waals surface area contributed by atoms with Crippen molar-refractivity contribution in [2.75, 3.05) is 32.1 Å². The number of carbonyl (C=O) groups is 2. The van der Waals surface area contributed by atoms with Crippen molar-refractivity contribution in [2.24, 2.45) is 4.99 Å². The van der Waals surface area contributed by atoms with E-state index in [2.05, 4.69) is 51.2 Å². The number of hydroxylamine groups is 1. The first kappa shape index (κ1) is 21.4. The van der Waals surface area contributed by atoms with Gasteiger partial charge < -0.3 is 15.4 Å². The summed E-state index contributed by atoms with van der Waals surface area (Å²) in [5, 5.41) is 21.9. The van der Waals surface area contributed by atoms with Gasteiger partial charge in [-0.25, -0.2) is 14.0 Å². The number of rotatable bonds is 9. The minimum absolute atomic E-state index is 0.0460. The standard InChI is InChI=1S/C15H16BrFN6O5/c1-27-7-11(24)15(25)19-5-4-18-13-12(22-28-23-13)14(21-26)20-8-2-3-10(17)9(16)6-8/h2-3,6,26H,4-5,7H2,1H3,(H,18,23)(H,19,25)(H,20,21). The molecule has 2 rings (SSSR count). The van der Waals surface area contributed by atoms with Gasteiger partial charge in [-0.3, -0.25) is 20.3 Å². The Morgan fingerprint density at radius 1 is 1.36 bits per heavy atom. The lowest BCUT2D eigenvalue weighted by atomic mass is 10.3. The van der Waals surface area contributed by atoms with Crippen LogP contribution in [0.15, 0.2) is 32.3 Å². The van der Waals surface area contributed by atoms with Gasteiger partial charge in [-0.2, -0.15) is 0 Å². The molecule has 0 aliphatic rings. The van der Waals surface area contributed by atoms with Crippen LogP contribution in [-0.4, -0.2) is 59.9 Å². The molecule has 28 heavy (non-hydrogen) atoms. The van der Waals surface area contributed by atoms with Gasteiger partial charge in [0.15, 0.2) is 11.5 Å². The number of ketones is 1. The molecule has 0 saturated carbocycles. The molecule has 13 heteroatoms. The zero-order chi connectivity index (χ0) is 20.5. The molecule has 1 amide bonds. The Kier molecular flexibility index (Phi) is 7.98. The molecule has 0 fully saturated rings. The average molecular weight is 459 g/mol. The van der Waals surface area contributed by atoms with Crippen molar-refractivity contribution in [1.82, 2.24) is 21.1 Å². The number of halogens is 2. The van der Waals surface area contributed by atoms with Crippen molar-refractivity contribution in [3.63, 3.8) is 0 Å². The quantitative estimate of drug-likeness (QED) is 0.140. The number of benzene rings is 1. The summed E-state index contributed by atoms with van der Waals surface area (Å²) in [5.74, 6) is -1.92. The maximum Gasteiger partial charge on any atom is 0.289 e. The topological polar surface area (TPSA) is 151 Å². The van der Waals surface area contributed by atoms with Gasteiger partial charge in [0.25, 0.3) is 5.91 Å². The van der Waals surface area contributed by atoms with E-state index < -0.39 is 17.5 Å². The Hall–Kier alpha value is -2.90. The number of aliphatic imine (C=N–C) groups is 1. The van der Waals surface area contributed by atoms with E-state index in [1.54, 1.807) is 0 Å². The number of Topliss-reactive ketones (excluding diaryl/α,β-unsaturated/α-hetero) is 1. The van der Waals surface area contributed by atoms with Gasteiger partial charge in [-0.15, -0.1) is 0 Å². The van der Waals surface area contributed by atoms with Crippen molar-refractivity contribution in [1.29, 1.82) is 0 Å². The van der Waals surface area contributed by atoms with E-state index in [9.17, 15) is 19.2 Å². The fraction of sp³-hybridized carbons (Fsp3) is 0.267. The molecule has 0 aliphatic carbocycles. The van der Waals surface area contributed by atoms with Crippen molar-refractivity contribution < 1.29 is 28.6 Å². The monoisotopic (exact) mass is 458 g/mol. The molecule has 4 N–H and O–H groups in total. The molecule has 0 aliphatic heterocycles. The van der Waals surface area contributed by atoms with E-state index >= 15 is 0 Å². The number of nitrogens with one attached hydrogen (secondary N) is 3. The van der Waals surface area contributed by atoms with Crippen LogP contribution in [0, 0.1) is 5.82 Å². The fourth-order valence-corrected chi connectivity index (χ4v) is 2.29. The average Bonchev–Trinajstić information content (AvgIpc) is 3.14. The van der Waals surface area contributed by atoms with Gasteiger partial charge in [0, 0.05) is 20.2 Å². The van der Waals surface area contributed by atoms with Gasteiger partial charge >= 0.3 is 0 Å². The molecule has 0 spiro atoms. The van der Waals surface area contributed by atoms with E-state index in [1.165, 1.54) is 25.3 Å². The Bertz CT molecular complexity index is 874. The molecular weight excluding hydrogens is 443 g/mol. The number of nitrogens with zero attached hydrogens (tertiary/aromatic N) is 3. The zero-order valence-electron chi connectivity index (χ0n) is 14.5. The first-order chi connectivity index (χ1) is 13.5. The molecular formula is C15H16BrFN6O5. The summed E-state index contributed by atoms with van der Waals surface area (Å²) < 4.78 is 22.7. The molecule has 1 aromatic heterocycles. The predicted molar refractivity (Wildman–Crippen MR) is 97.9 cm³/mol. The van der Waals surface area contributed by atoms with E-state index in [4.69, 9.17) is 0 Å². The summed E-state index contributed by atoms with van der Waals surface area (Å²) >= 11 is 3.04. The normalized spacial score (nSPS) is 11.2. The van der Waals surface area contributed by atoms with E-state index in [-0.39, 0.29) is 41.5 Å². The zero-order valence-corrected chi connectivity index (χ0v) is 16.1. The second-order valence-electron chi connectivity index (χ2n) is 5.17. The van der Waals surface area contributed by atoms with Gasteiger partial charge in [0.05, 0.1) is 10.2 Å². The fourth-order valence-electron chi connectivity index (χ4n) is 1.93. The summed E-state index contributed by atoms with van der Waals surface area (Å²) in [6.45, 7) is -0.0311. The van der Waals surface area contributed by atoms with E-state index in [1.807, 2.05) is 5.48 Å². The summed E-state index contributed by atoms with van der Waals surface area (Å²) in [5.41, 5.74) is 2.24. The highest BCUT2D eigenvalue weighted by Gasteiger charge is 2.17. The maximum atomic E-state index is 13.3. The number of anilines is 1. The van der Waals surface area contributed by atoms with Crippen molar-refractivity contribution in [3.8, 4) is 0 Å². The summed E-state index contributed by atoms with van der Waals surface area (Å²) in [4.78, 5) is 26.9. The maximum absolute atomic E-state index is 13.3. The van der Waals surface area contributed by atoms with Crippen LogP contribution in [0.5, 0.6) is 0 Å². The van der Waals surface area contributed by atoms with Crippen LogP contribution >= 0.6 is 15.9 Å². The lowest BCUT2D eigenvalue weighted by Crippen LogP contribution is -2.36. The van der Waals surface area contributed by atoms with Gasteiger partial charge in [0.1, 0.15) is 12.4 Å². The van der Waals surface area contributed by atoms with E-state index in [0.717, 1.165) is 0 Å². The first-order valence-corrected chi connectivity index (χ1v) is 8.56. The largest absolute Gasteiger partial charge is 0.376 e. The number of amides is 1.